The lowest BCUT2D eigenvalue weighted by atomic mass is 10.1. The number of hydrogen-bond acceptors (Lipinski definition) is 5. The molecule has 0 amide bonds. The van der Waals surface area contributed by atoms with Crippen LogP contribution in [0.15, 0.2) is 41.3 Å². The standard InChI is InChI=1S/C18H19FO4S/c1-4-12-8-9-13(10-15(12)19)22-11-14-16(23-18(20)21-2)6-5-7-17(14)24-3/h5-10H,4,11H2,1-3H3. The second-order valence-electron chi connectivity index (χ2n) is 4.89. The van der Waals surface area contributed by atoms with Crippen molar-refractivity contribution in [3.8, 4) is 11.5 Å². The van der Waals surface area contributed by atoms with Gasteiger partial charge in [-0.25, -0.2) is 9.18 Å². The maximum atomic E-state index is 13.8. The average Bonchev–Trinajstić information content (AvgIpc) is 2.60. The zero-order valence-electron chi connectivity index (χ0n) is 13.8. The van der Waals surface area contributed by atoms with Gasteiger partial charge in [0.1, 0.15) is 23.9 Å². The van der Waals surface area contributed by atoms with Gasteiger partial charge < -0.3 is 14.2 Å². The fourth-order valence-corrected chi connectivity index (χ4v) is 2.79. The summed E-state index contributed by atoms with van der Waals surface area (Å²) in [6.07, 6.45) is 1.74. The van der Waals surface area contributed by atoms with Crippen molar-refractivity contribution in [1.29, 1.82) is 0 Å². The predicted octanol–water partition coefficient (Wildman–Crippen LogP) is 4.83. The molecule has 0 saturated carbocycles. The molecule has 24 heavy (non-hydrogen) atoms. The fourth-order valence-electron chi connectivity index (χ4n) is 2.17. The van der Waals surface area contributed by atoms with Crippen molar-refractivity contribution in [2.45, 2.75) is 24.8 Å². The molecule has 0 aromatic heterocycles. The Bertz CT molecular complexity index is 718. The van der Waals surface area contributed by atoms with E-state index in [4.69, 9.17) is 9.47 Å². The molecular formula is C18H19FO4S. The van der Waals surface area contributed by atoms with Gasteiger partial charge in [0.05, 0.1) is 7.11 Å². The summed E-state index contributed by atoms with van der Waals surface area (Å²) >= 11 is 1.50. The van der Waals surface area contributed by atoms with Crippen LogP contribution < -0.4 is 9.47 Å². The Hall–Kier alpha value is -2.21. The number of ether oxygens (including phenoxy) is 3. The summed E-state index contributed by atoms with van der Waals surface area (Å²) < 4.78 is 29.2. The summed E-state index contributed by atoms with van der Waals surface area (Å²) in [5.41, 5.74) is 1.34. The minimum absolute atomic E-state index is 0.147. The second kappa shape index (κ2) is 8.59. The van der Waals surface area contributed by atoms with Crippen LogP contribution in [-0.2, 0) is 17.8 Å². The van der Waals surface area contributed by atoms with E-state index >= 15 is 0 Å². The van der Waals surface area contributed by atoms with Crippen molar-refractivity contribution in [2.24, 2.45) is 0 Å². The smallest absolute Gasteiger partial charge is 0.489 e. The molecular weight excluding hydrogens is 331 g/mol. The van der Waals surface area contributed by atoms with Gasteiger partial charge in [0.15, 0.2) is 0 Å². The molecule has 0 heterocycles. The molecule has 0 aliphatic carbocycles. The van der Waals surface area contributed by atoms with E-state index in [2.05, 4.69) is 4.74 Å². The molecule has 0 aliphatic heterocycles. The van der Waals surface area contributed by atoms with Crippen LogP contribution in [0.1, 0.15) is 18.1 Å². The van der Waals surface area contributed by atoms with E-state index in [1.165, 1.54) is 24.9 Å². The highest BCUT2D eigenvalue weighted by molar-refractivity contribution is 7.98. The number of thioether (sulfide) groups is 1. The number of methoxy groups -OCH3 is 1. The van der Waals surface area contributed by atoms with E-state index < -0.39 is 6.16 Å². The summed E-state index contributed by atoms with van der Waals surface area (Å²) in [6.45, 7) is 2.04. The van der Waals surface area contributed by atoms with E-state index in [1.807, 2.05) is 19.2 Å². The largest absolute Gasteiger partial charge is 0.513 e. The molecule has 0 N–H and O–H groups in total. The third-order valence-electron chi connectivity index (χ3n) is 3.46. The van der Waals surface area contributed by atoms with Crippen molar-refractivity contribution in [2.75, 3.05) is 13.4 Å². The first-order valence-electron chi connectivity index (χ1n) is 7.42. The Morgan fingerprint density at radius 3 is 2.67 bits per heavy atom. The summed E-state index contributed by atoms with van der Waals surface area (Å²) in [4.78, 5) is 12.3. The third kappa shape index (κ3) is 4.41. The van der Waals surface area contributed by atoms with Gasteiger partial charge in [-0.1, -0.05) is 19.1 Å². The number of carbonyl (C=O) groups excluding carboxylic acids is 1. The van der Waals surface area contributed by atoms with Gasteiger partial charge in [-0.2, -0.15) is 0 Å². The quantitative estimate of drug-likeness (QED) is 0.424. The van der Waals surface area contributed by atoms with Crippen molar-refractivity contribution < 1.29 is 23.4 Å². The first-order chi connectivity index (χ1) is 11.6. The maximum Gasteiger partial charge on any atom is 0.513 e. The van der Waals surface area contributed by atoms with Crippen LogP contribution >= 0.6 is 11.8 Å². The molecule has 0 unspecified atom stereocenters. The Morgan fingerprint density at radius 2 is 2.04 bits per heavy atom. The summed E-state index contributed by atoms with van der Waals surface area (Å²) in [7, 11) is 1.25. The molecule has 128 valence electrons. The van der Waals surface area contributed by atoms with E-state index in [0.717, 1.165) is 4.90 Å². The van der Waals surface area contributed by atoms with Crippen molar-refractivity contribution in [1.82, 2.24) is 0 Å². The third-order valence-corrected chi connectivity index (χ3v) is 4.28. The monoisotopic (exact) mass is 350 g/mol. The second-order valence-corrected chi connectivity index (χ2v) is 5.74. The van der Waals surface area contributed by atoms with Crippen LogP contribution in [0.4, 0.5) is 9.18 Å². The van der Waals surface area contributed by atoms with Gasteiger partial charge in [0.25, 0.3) is 0 Å². The topological polar surface area (TPSA) is 44.8 Å². The number of benzene rings is 2. The average molecular weight is 350 g/mol. The molecule has 2 aromatic carbocycles. The van der Waals surface area contributed by atoms with Gasteiger partial charge in [-0.15, -0.1) is 11.8 Å². The minimum Gasteiger partial charge on any atom is -0.489 e. The molecule has 2 aromatic rings. The highest BCUT2D eigenvalue weighted by Gasteiger charge is 2.14. The lowest BCUT2D eigenvalue weighted by Gasteiger charge is -2.14. The van der Waals surface area contributed by atoms with Crippen LogP contribution in [-0.4, -0.2) is 19.5 Å². The van der Waals surface area contributed by atoms with Crippen LogP contribution in [0.25, 0.3) is 0 Å². The van der Waals surface area contributed by atoms with Crippen LogP contribution in [0, 0.1) is 5.82 Å². The number of rotatable bonds is 6. The minimum atomic E-state index is -0.798. The maximum absolute atomic E-state index is 13.8. The molecule has 0 spiro atoms. The van der Waals surface area contributed by atoms with Crippen LogP contribution in [0.5, 0.6) is 11.5 Å². The number of aryl methyl sites for hydroxylation is 1. The van der Waals surface area contributed by atoms with E-state index in [1.54, 1.807) is 24.3 Å². The summed E-state index contributed by atoms with van der Waals surface area (Å²) in [6, 6.07) is 10.1. The zero-order chi connectivity index (χ0) is 17.5. The Kier molecular flexibility index (Phi) is 6.49. The van der Waals surface area contributed by atoms with E-state index in [9.17, 15) is 9.18 Å². The first-order valence-corrected chi connectivity index (χ1v) is 8.64. The molecule has 0 fully saturated rings. The lowest BCUT2D eigenvalue weighted by Crippen LogP contribution is -2.10. The van der Waals surface area contributed by atoms with Crippen molar-refractivity contribution in [3.05, 3.63) is 53.3 Å². The SMILES string of the molecule is CCc1ccc(OCc2c(OC(=O)OC)cccc2SC)cc1F. The van der Waals surface area contributed by atoms with Crippen molar-refractivity contribution >= 4 is 17.9 Å². The number of hydrogen-bond donors (Lipinski definition) is 0. The normalized spacial score (nSPS) is 10.3. The van der Waals surface area contributed by atoms with Crippen molar-refractivity contribution in [3.63, 3.8) is 0 Å². The number of carbonyl (C=O) groups is 1. The van der Waals surface area contributed by atoms with E-state index in [0.29, 0.717) is 29.0 Å². The van der Waals surface area contributed by atoms with Gasteiger partial charge in [-0.05, 0) is 36.4 Å². The highest BCUT2D eigenvalue weighted by atomic mass is 32.2. The highest BCUT2D eigenvalue weighted by Crippen LogP contribution is 2.30. The molecule has 0 saturated heterocycles. The van der Waals surface area contributed by atoms with E-state index in [-0.39, 0.29) is 12.4 Å². The van der Waals surface area contributed by atoms with Gasteiger partial charge in [-0.3, -0.25) is 0 Å². The predicted molar refractivity (Wildman–Crippen MR) is 91.4 cm³/mol. The molecule has 0 radical (unpaired) electrons. The zero-order valence-corrected chi connectivity index (χ0v) is 14.6. The first kappa shape index (κ1) is 18.1. The van der Waals surface area contributed by atoms with Crippen LogP contribution in [0.2, 0.25) is 0 Å². The summed E-state index contributed by atoms with van der Waals surface area (Å²) in [5.74, 6) is 0.489. The summed E-state index contributed by atoms with van der Waals surface area (Å²) in [5, 5.41) is 0. The van der Waals surface area contributed by atoms with Crippen LogP contribution in [0.3, 0.4) is 0 Å². The molecule has 6 heteroatoms. The van der Waals surface area contributed by atoms with Gasteiger partial charge >= 0.3 is 6.16 Å². The molecule has 4 nitrogen and oxygen atoms in total. The molecule has 0 bridgehead atoms. The number of halogens is 1. The van der Waals surface area contributed by atoms with Gasteiger partial charge in [0.2, 0.25) is 0 Å². The fraction of sp³-hybridized carbons (Fsp3) is 0.278. The lowest BCUT2D eigenvalue weighted by molar-refractivity contribution is 0.120. The van der Waals surface area contributed by atoms with Gasteiger partial charge in [0, 0.05) is 16.5 Å². The Morgan fingerprint density at radius 1 is 1.25 bits per heavy atom. The molecule has 0 aliphatic rings. The molecule has 2 rings (SSSR count). The Balaban J connectivity index is 2.21. The Labute approximate surface area is 144 Å². The molecule has 0 atom stereocenters.